The number of carbonyl (C=O) groups is 1. The molecule has 0 amide bonds. The molecular weight excluding hydrogens is 272 g/mol. The SMILES string of the molecule is NC(C(=O)O)c1csc(Cc2ccccc2Cl)n1. The van der Waals surface area contributed by atoms with Crippen molar-refractivity contribution in [2.45, 2.75) is 12.5 Å². The van der Waals surface area contributed by atoms with Gasteiger partial charge >= 0.3 is 5.97 Å². The maximum atomic E-state index is 10.7. The van der Waals surface area contributed by atoms with E-state index in [1.165, 1.54) is 11.3 Å². The van der Waals surface area contributed by atoms with Gasteiger partial charge in [0.15, 0.2) is 0 Å². The summed E-state index contributed by atoms with van der Waals surface area (Å²) in [6.45, 7) is 0. The third-order valence-corrected chi connectivity index (χ3v) is 3.69. The summed E-state index contributed by atoms with van der Waals surface area (Å²) < 4.78 is 0. The van der Waals surface area contributed by atoms with Crippen molar-refractivity contribution in [3.05, 3.63) is 50.9 Å². The molecule has 1 aromatic heterocycles. The van der Waals surface area contributed by atoms with E-state index in [-0.39, 0.29) is 0 Å². The summed E-state index contributed by atoms with van der Waals surface area (Å²) in [5.74, 6) is -1.08. The highest BCUT2D eigenvalue weighted by Crippen LogP contribution is 2.22. The predicted octanol–water partition coefficient (Wildman–Crippen LogP) is 2.47. The zero-order valence-electron chi connectivity index (χ0n) is 9.34. The lowest BCUT2D eigenvalue weighted by molar-refractivity contribution is -0.138. The number of nitrogens with two attached hydrogens (primary N) is 1. The number of aliphatic carboxylic acids is 1. The highest BCUT2D eigenvalue weighted by molar-refractivity contribution is 7.09. The van der Waals surface area contributed by atoms with Gasteiger partial charge in [0.1, 0.15) is 6.04 Å². The fraction of sp³-hybridized carbons (Fsp3) is 0.167. The summed E-state index contributed by atoms with van der Waals surface area (Å²) in [4.78, 5) is 15.0. The molecular formula is C12H11ClN2O2S. The van der Waals surface area contributed by atoms with Gasteiger partial charge in [0.25, 0.3) is 0 Å². The number of carboxylic acid groups (broad SMARTS) is 1. The van der Waals surface area contributed by atoms with Crippen LogP contribution in [0.3, 0.4) is 0 Å². The summed E-state index contributed by atoms with van der Waals surface area (Å²) in [6.07, 6.45) is 0.580. The Morgan fingerprint density at radius 3 is 2.89 bits per heavy atom. The van der Waals surface area contributed by atoms with Gasteiger partial charge in [-0.05, 0) is 11.6 Å². The van der Waals surface area contributed by atoms with Crippen molar-refractivity contribution in [1.82, 2.24) is 4.98 Å². The molecule has 0 saturated heterocycles. The first kappa shape index (κ1) is 13.0. The van der Waals surface area contributed by atoms with Crippen LogP contribution in [0.25, 0.3) is 0 Å². The van der Waals surface area contributed by atoms with Crippen LogP contribution in [0.4, 0.5) is 0 Å². The quantitative estimate of drug-likeness (QED) is 0.903. The second-order valence-electron chi connectivity index (χ2n) is 3.75. The van der Waals surface area contributed by atoms with Crippen LogP contribution < -0.4 is 5.73 Å². The van der Waals surface area contributed by atoms with Gasteiger partial charge in [-0.3, -0.25) is 4.79 Å². The molecule has 3 N–H and O–H groups in total. The van der Waals surface area contributed by atoms with Crippen LogP contribution in [0, 0.1) is 0 Å². The van der Waals surface area contributed by atoms with Crippen LogP contribution in [0.5, 0.6) is 0 Å². The minimum atomic E-state index is -1.08. The summed E-state index contributed by atoms with van der Waals surface area (Å²) in [7, 11) is 0. The first-order valence-corrected chi connectivity index (χ1v) is 6.50. The van der Waals surface area contributed by atoms with Crippen LogP contribution in [0.1, 0.15) is 22.3 Å². The van der Waals surface area contributed by atoms with E-state index in [1.54, 1.807) is 5.38 Å². The molecule has 18 heavy (non-hydrogen) atoms. The number of aromatic nitrogens is 1. The van der Waals surface area contributed by atoms with Gasteiger partial charge in [0.05, 0.1) is 10.7 Å². The Balaban J connectivity index is 2.17. The Morgan fingerprint density at radius 1 is 1.50 bits per heavy atom. The third-order valence-electron chi connectivity index (χ3n) is 2.45. The second-order valence-corrected chi connectivity index (χ2v) is 5.10. The van der Waals surface area contributed by atoms with Crippen molar-refractivity contribution in [1.29, 1.82) is 0 Å². The van der Waals surface area contributed by atoms with Crippen molar-refractivity contribution < 1.29 is 9.90 Å². The van der Waals surface area contributed by atoms with Gasteiger partial charge in [-0.15, -0.1) is 11.3 Å². The van der Waals surface area contributed by atoms with Crippen LogP contribution in [-0.4, -0.2) is 16.1 Å². The van der Waals surface area contributed by atoms with Gasteiger partial charge in [-0.1, -0.05) is 29.8 Å². The molecule has 1 heterocycles. The molecule has 0 aliphatic rings. The van der Waals surface area contributed by atoms with Gasteiger partial charge in [0, 0.05) is 16.8 Å². The van der Waals surface area contributed by atoms with Crippen molar-refractivity contribution in [2.75, 3.05) is 0 Å². The molecule has 94 valence electrons. The Hall–Kier alpha value is -1.43. The number of hydrogen-bond acceptors (Lipinski definition) is 4. The molecule has 0 saturated carbocycles. The summed E-state index contributed by atoms with van der Waals surface area (Å²) >= 11 is 7.44. The molecule has 6 heteroatoms. The fourth-order valence-corrected chi connectivity index (χ4v) is 2.54. The molecule has 0 fully saturated rings. The van der Waals surface area contributed by atoms with Crippen molar-refractivity contribution >= 4 is 28.9 Å². The molecule has 0 spiro atoms. The van der Waals surface area contributed by atoms with Crippen molar-refractivity contribution in [2.24, 2.45) is 5.73 Å². The van der Waals surface area contributed by atoms with Crippen molar-refractivity contribution in [3.63, 3.8) is 0 Å². The zero-order chi connectivity index (χ0) is 13.1. The van der Waals surface area contributed by atoms with Gasteiger partial charge < -0.3 is 10.8 Å². The molecule has 4 nitrogen and oxygen atoms in total. The van der Waals surface area contributed by atoms with E-state index in [2.05, 4.69) is 4.98 Å². The monoisotopic (exact) mass is 282 g/mol. The molecule has 1 atom stereocenters. The normalized spacial score (nSPS) is 12.3. The molecule has 0 aliphatic carbocycles. The maximum Gasteiger partial charge on any atom is 0.326 e. The Kier molecular flexibility index (Phi) is 3.96. The highest BCUT2D eigenvalue weighted by atomic mass is 35.5. The van der Waals surface area contributed by atoms with E-state index in [0.717, 1.165) is 10.6 Å². The molecule has 0 radical (unpaired) electrons. The maximum absolute atomic E-state index is 10.7. The smallest absolute Gasteiger partial charge is 0.326 e. The molecule has 2 aromatic rings. The van der Waals surface area contributed by atoms with Gasteiger partial charge in [0.2, 0.25) is 0 Å². The standard InChI is InChI=1S/C12H11ClN2O2S/c13-8-4-2-1-3-7(8)5-10-15-9(6-18-10)11(14)12(16)17/h1-4,6,11H,5,14H2,(H,16,17). The summed E-state index contributed by atoms with van der Waals surface area (Å²) in [6, 6.07) is 6.42. The topological polar surface area (TPSA) is 76.2 Å². The summed E-state index contributed by atoms with van der Waals surface area (Å²) in [5.41, 5.74) is 6.84. The number of rotatable bonds is 4. The number of thiazole rings is 1. The Morgan fingerprint density at radius 2 is 2.22 bits per heavy atom. The average Bonchev–Trinajstić information content (AvgIpc) is 2.79. The molecule has 0 bridgehead atoms. The number of halogens is 1. The van der Waals surface area contributed by atoms with Crippen LogP contribution in [0.2, 0.25) is 5.02 Å². The highest BCUT2D eigenvalue weighted by Gasteiger charge is 2.17. The molecule has 1 unspecified atom stereocenters. The number of benzene rings is 1. The Labute approximate surface area is 113 Å². The minimum Gasteiger partial charge on any atom is -0.480 e. The lowest BCUT2D eigenvalue weighted by atomic mass is 10.1. The first-order valence-electron chi connectivity index (χ1n) is 5.24. The number of nitrogens with zero attached hydrogens (tertiary/aromatic N) is 1. The van der Waals surface area contributed by atoms with E-state index in [9.17, 15) is 4.79 Å². The van der Waals surface area contributed by atoms with Crippen molar-refractivity contribution in [3.8, 4) is 0 Å². The first-order chi connectivity index (χ1) is 8.58. The second kappa shape index (κ2) is 5.48. The zero-order valence-corrected chi connectivity index (χ0v) is 10.9. The number of carboxylic acids is 1. The largest absolute Gasteiger partial charge is 0.480 e. The lowest BCUT2D eigenvalue weighted by Crippen LogP contribution is -2.20. The van der Waals surface area contributed by atoms with E-state index in [0.29, 0.717) is 17.1 Å². The van der Waals surface area contributed by atoms with E-state index < -0.39 is 12.0 Å². The fourth-order valence-electron chi connectivity index (χ4n) is 1.48. The Bertz CT molecular complexity index is 571. The van der Waals surface area contributed by atoms with Gasteiger partial charge in [-0.25, -0.2) is 4.98 Å². The number of hydrogen-bond donors (Lipinski definition) is 2. The third kappa shape index (κ3) is 2.87. The average molecular weight is 283 g/mol. The molecule has 2 rings (SSSR count). The lowest BCUT2D eigenvalue weighted by Gasteiger charge is -2.02. The van der Waals surface area contributed by atoms with Crippen LogP contribution in [-0.2, 0) is 11.2 Å². The van der Waals surface area contributed by atoms with Crippen LogP contribution in [0.15, 0.2) is 29.6 Å². The predicted molar refractivity (Wildman–Crippen MR) is 70.9 cm³/mol. The summed E-state index contributed by atoms with van der Waals surface area (Å²) in [5, 5.41) is 11.9. The van der Waals surface area contributed by atoms with E-state index in [4.69, 9.17) is 22.4 Å². The van der Waals surface area contributed by atoms with E-state index in [1.807, 2.05) is 24.3 Å². The van der Waals surface area contributed by atoms with E-state index >= 15 is 0 Å². The van der Waals surface area contributed by atoms with Crippen LogP contribution >= 0.6 is 22.9 Å². The molecule has 1 aromatic carbocycles. The minimum absolute atomic E-state index is 0.384. The molecule has 0 aliphatic heterocycles. The van der Waals surface area contributed by atoms with Gasteiger partial charge in [-0.2, -0.15) is 0 Å².